The normalized spacial score (nSPS) is 10.5. The molecule has 0 atom stereocenters. The third kappa shape index (κ3) is 4.62. The molecular weight excluding hydrogens is 362 g/mol. The predicted octanol–water partition coefficient (Wildman–Crippen LogP) is 5.72. The van der Waals surface area contributed by atoms with Crippen molar-refractivity contribution in [3.05, 3.63) is 87.8 Å². The van der Waals surface area contributed by atoms with Gasteiger partial charge in [-0.05, 0) is 42.5 Å². The van der Waals surface area contributed by atoms with Crippen LogP contribution in [0.3, 0.4) is 0 Å². The van der Waals surface area contributed by atoms with Crippen LogP contribution in [0, 0.1) is 5.82 Å². The first-order valence-electron chi connectivity index (χ1n) is 7.62. The van der Waals surface area contributed by atoms with Crippen LogP contribution in [0.25, 0.3) is 0 Å². The van der Waals surface area contributed by atoms with E-state index in [4.69, 9.17) is 27.9 Å². The predicted molar refractivity (Wildman–Crippen MR) is 98.8 cm³/mol. The highest BCUT2D eigenvalue weighted by atomic mass is 35.5. The molecular formula is C19H15Cl2FN2O. The Morgan fingerprint density at radius 1 is 1.04 bits per heavy atom. The van der Waals surface area contributed by atoms with Gasteiger partial charge in [0, 0.05) is 28.9 Å². The number of benzene rings is 2. The molecule has 0 saturated heterocycles. The topological polar surface area (TPSA) is 34.1 Å². The number of pyridine rings is 1. The average molecular weight is 377 g/mol. The van der Waals surface area contributed by atoms with Crippen molar-refractivity contribution in [3.8, 4) is 5.75 Å². The Labute approximate surface area is 155 Å². The minimum Gasteiger partial charge on any atom is -0.488 e. The Bertz CT molecular complexity index is 839. The fraction of sp³-hybridized carbons (Fsp3) is 0.105. The number of ether oxygens (including phenoxy) is 1. The molecule has 0 bridgehead atoms. The lowest BCUT2D eigenvalue weighted by molar-refractivity contribution is 0.297. The molecule has 1 heterocycles. The van der Waals surface area contributed by atoms with Crippen molar-refractivity contribution >= 4 is 29.0 Å². The van der Waals surface area contributed by atoms with Gasteiger partial charge in [0.25, 0.3) is 0 Å². The maximum Gasteiger partial charge on any atom is 0.131 e. The molecule has 128 valence electrons. The van der Waals surface area contributed by atoms with Gasteiger partial charge < -0.3 is 10.1 Å². The van der Waals surface area contributed by atoms with Crippen molar-refractivity contribution < 1.29 is 9.13 Å². The summed E-state index contributed by atoms with van der Waals surface area (Å²) in [4.78, 5) is 4.21. The molecule has 0 fully saturated rings. The molecule has 0 radical (unpaired) electrons. The number of hydrogen-bond donors (Lipinski definition) is 1. The van der Waals surface area contributed by atoms with Crippen LogP contribution >= 0.6 is 23.2 Å². The first kappa shape index (κ1) is 17.5. The molecule has 0 aliphatic rings. The highest BCUT2D eigenvalue weighted by molar-refractivity contribution is 6.31. The van der Waals surface area contributed by atoms with Gasteiger partial charge in [0.05, 0.1) is 5.02 Å². The number of halogens is 3. The van der Waals surface area contributed by atoms with E-state index in [1.54, 1.807) is 36.5 Å². The fourth-order valence-corrected chi connectivity index (χ4v) is 2.71. The zero-order valence-electron chi connectivity index (χ0n) is 13.2. The van der Waals surface area contributed by atoms with Gasteiger partial charge >= 0.3 is 0 Å². The Balaban J connectivity index is 1.75. The molecule has 6 heteroatoms. The van der Waals surface area contributed by atoms with Crippen LogP contribution in [0.5, 0.6) is 5.75 Å². The molecule has 0 aliphatic carbocycles. The van der Waals surface area contributed by atoms with Crippen molar-refractivity contribution in [2.45, 2.75) is 13.2 Å². The zero-order valence-corrected chi connectivity index (χ0v) is 14.7. The minimum atomic E-state index is -0.394. The van der Waals surface area contributed by atoms with Crippen molar-refractivity contribution in [1.82, 2.24) is 4.98 Å². The van der Waals surface area contributed by atoms with Gasteiger partial charge in [-0.1, -0.05) is 35.3 Å². The van der Waals surface area contributed by atoms with Crippen LogP contribution in [-0.4, -0.2) is 4.98 Å². The molecule has 0 saturated carbocycles. The van der Waals surface area contributed by atoms with E-state index >= 15 is 0 Å². The van der Waals surface area contributed by atoms with Gasteiger partial charge in [-0.2, -0.15) is 0 Å². The van der Waals surface area contributed by atoms with Gasteiger partial charge in [-0.3, -0.25) is 0 Å². The summed E-state index contributed by atoms with van der Waals surface area (Å²) in [5.74, 6) is 0.951. The van der Waals surface area contributed by atoms with Gasteiger partial charge in [0.1, 0.15) is 24.0 Å². The number of hydrogen-bond acceptors (Lipinski definition) is 3. The molecule has 2 aromatic carbocycles. The second kappa shape index (κ2) is 8.19. The number of aromatic nitrogens is 1. The second-order valence-electron chi connectivity index (χ2n) is 5.31. The molecule has 0 aliphatic heterocycles. The maximum atomic E-state index is 13.9. The molecule has 1 aromatic heterocycles. The van der Waals surface area contributed by atoms with Crippen LogP contribution in [-0.2, 0) is 13.2 Å². The van der Waals surface area contributed by atoms with E-state index in [-0.39, 0.29) is 6.61 Å². The lowest BCUT2D eigenvalue weighted by atomic mass is 10.2. The Morgan fingerprint density at radius 3 is 2.68 bits per heavy atom. The number of rotatable bonds is 6. The van der Waals surface area contributed by atoms with Crippen molar-refractivity contribution in [1.29, 1.82) is 0 Å². The highest BCUT2D eigenvalue weighted by Crippen LogP contribution is 2.26. The summed E-state index contributed by atoms with van der Waals surface area (Å²) in [5.41, 5.74) is 1.16. The lowest BCUT2D eigenvalue weighted by Gasteiger charge is -2.14. The van der Waals surface area contributed by atoms with Gasteiger partial charge in [-0.15, -0.1) is 0 Å². The summed E-state index contributed by atoms with van der Waals surface area (Å²) >= 11 is 12.1. The van der Waals surface area contributed by atoms with Gasteiger partial charge in [-0.25, -0.2) is 9.37 Å². The summed E-state index contributed by atoms with van der Waals surface area (Å²) in [6.07, 6.45) is 1.71. The van der Waals surface area contributed by atoms with Crippen molar-refractivity contribution in [2.75, 3.05) is 5.32 Å². The van der Waals surface area contributed by atoms with Crippen molar-refractivity contribution in [3.63, 3.8) is 0 Å². The molecule has 1 N–H and O–H groups in total. The van der Waals surface area contributed by atoms with Crippen LogP contribution in [0.2, 0.25) is 10.0 Å². The van der Waals surface area contributed by atoms with E-state index in [1.165, 1.54) is 6.07 Å². The van der Waals surface area contributed by atoms with E-state index in [9.17, 15) is 4.39 Å². The SMILES string of the molecule is Fc1cccc(Cl)c1COc1ccc(Cl)cc1CNc1ccccn1. The largest absolute Gasteiger partial charge is 0.488 e. The van der Waals surface area contributed by atoms with Crippen LogP contribution in [0.4, 0.5) is 10.2 Å². The smallest absolute Gasteiger partial charge is 0.131 e. The van der Waals surface area contributed by atoms with Crippen LogP contribution in [0.15, 0.2) is 60.8 Å². The average Bonchev–Trinajstić information content (AvgIpc) is 2.62. The Morgan fingerprint density at radius 2 is 1.92 bits per heavy atom. The van der Waals surface area contributed by atoms with Crippen molar-refractivity contribution in [2.24, 2.45) is 0 Å². The maximum absolute atomic E-state index is 13.9. The quantitative estimate of drug-likeness (QED) is 0.597. The van der Waals surface area contributed by atoms with Gasteiger partial charge in [0.2, 0.25) is 0 Å². The van der Waals surface area contributed by atoms with E-state index in [2.05, 4.69) is 10.3 Å². The molecule has 25 heavy (non-hydrogen) atoms. The van der Waals surface area contributed by atoms with Crippen LogP contribution < -0.4 is 10.1 Å². The summed E-state index contributed by atoms with van der Waals surface area (Å²) in [6.45, 7) is 0.502. The molecule has 0 unspecified atom stereocenters. The lowest BCUT2D eigenvalue weighted by Crippen LogP contribution is -2.05. The van der Waals surface area contributed by atoms with Gasteiger partial charge in [0.15, 0.2) is 0 Å². The minimum absolute atomic E-state index is 0.0315. The zero-order chi connectivity index (χ0) is 17.6. The molecule has 0 amide bonds. The van der Waals surface area contributed by atoms with E-state index in [0.717, 1.165) is 11.4 Å². The monoisotopic (exact) mass is 376 g/mol. The van der Waals surface area contributed by atoms with E-state index in [1.807, 2.05) is 18.2 Å². The number of anilines is 1. The van der Waals surface area contributed by atoms with E-state index in [0.29, 0.717) is 27.9 Å². The summed E-state index contributed by atoms with van der Waals surface area (Å²) < 4.78 is 19.7. The summed E-state index contributed by atoms with van der Waals surface area (Å²) in [5, 5.41) is 4.13. The Kier molecular flexibility index (Phi) is 5.74. The highest BCUT2D eigenvalue weighted by Gasteiger charge is 2.10. The van der Waals surface area contributed by atoms with Crippen LogP contribution in [0.1, 0.15) is 11.1 Å². The third-order valence-corrected chi connectivity index (χ3v) is 4.17. The summed E-state index contributed by atoms with van der Waals surface area (Å²) in [6, 6.07) is 15.4. The molecule has 0 spiro atoms. The molecule has 3 nitrogen and oxygen atoms in total. The first-order valence-corrected chi connectivity index (χ1v) is 8.38. The molecule has 3 rings (SSSR count). The summed E-state index contributed by atoms with van der Waals surface area (Å²) in [7, 11) is 0. The standard InChI is InChI=1S/C19H15Cl2FN2O/c20-14-7-8-18(25-12-15-16(21)4-3-5-17(15)22)13(10-14)11-24-19-6-1-2-9-23-19/h1-10H,11-12H2,(H,23,24). The second-order valence-corrected chi connectivity index (χ2v) is 6.15. The number of nitrogens with one attached hydrogen (secondary N) is 1. The third-order valence-electron chi connectivity index (χ3n) is 3.58. The number of nitrogens with zero attached hydrogens (tertiary/aromatic N) is 1. The Hall–Kier alpha value is -2.30. The molecule has 3 aromatic rings. The van der Waals surface area contributed by atoms with E-state index < -0.39 is 5.82 Å². The fourth-order valence-electron chi connectivity index (χ4n) is 2.30. The first-order chi connectivity index (χ1) is 12.1.